The van der Waals surface area contributed by atoms with E-state index in [0.717, 1.165) is 42.4 Å². The lowest BCUT2D eigenvalue weighted by Crippen LogP contribution is -2.57. The second-order valence-corrected chi connectivity index (χ2v) is 12.4. The molecule has 3 aliphatic rings. The number of hydrogen-bond acceptors (Lipinski definition) is 3. The van der Waals surface area contributed by atoms with Crippen LogP contribution in [0.3, 0.4) is 0 Å². The van der Waals surface area contributed by atoms with Crippen molar-refractivity contribution in [3.05, 3.63) is 46.6 Å². The molecule has 0 heterocycles. The van der Waals surface area contributed by atoms with Crippen LogP contribution in [0.2, 0.25) is 0 Å². The molecule has 3 nitrogen and oxygen atoms in total. The van der Waals surface area contributed by atoms with Gasteiger partial charge in [-0.2, -0.15) is 0 Å². The smallest absolute Gasteiger partial charge is 0.160 e. The summed E-state index contributed by atoms with van der Waals surface area (Å²) in [5, 5.41) is 21.1. The number of carbonyl (C=O) groups is 1. The third-order valence-corrected chi connectivity index (χ3v) is 9.64. The minimum atomic E-state index is -0.479. The molecule has 0 aromatic heterocycles. The van der Waals surface area contributed by atoms with Crippen molar-refractivity contribution in [3.8, 4) is 0 Å². The van der Waals surface area contributed by atoms with Gasteiger partial charge in [-0.05, 0) is 93.6 Å². The zero-order chi connectivity index (χ0) is 24.8. The number of aliphatic hydroxyl groups excluding tert-OH is 2. The average molecular weight is 455 g/mol. The van der Waals surface area contributed by atoms with Crippen molar-refractivity contribution in [2.24, 2.45) is 28.1 Å². The second kappa shape index (κ2) is 9.30. The Labute approximate surface area is 201 Å². The van der Waals surface area contributed by atoms with Crippen LogP contribution in [0.1, 0.15) is 93.9 Å². The molecule has 0 bridgehead atoms. The summed E-state index contributed by atoms with van der Waals surface area (Å²) in [6, 6.07) is 0. The molecule has 184 valence electrons. The van der Waals surface area contributed by atoms with Gasteiger partial charge in [0.25, 0.3) is 0 Å². The zero-order valence-corrected chi connectivity index (χ0v) is 22.2. The number of aliphatic hydroxyl groups is 2. The fourth-order valence-electron chi connectivity index (χ4n) is 7.65. The third kappa shape index (κ3) is 4.60. The summed E-state index contributed by atoms with van der Waals surface area (Å²) in [6.07, 6.45) is 12.5. The van der Waals surface area contributed by atoms with Crippen LogP contribution in [-0.4, -0.2) is 28.2 Å². The Morgan fingerprint density at radius 1 is 1.06 bits per heavy atom. The van der Waals surface area contributed by atoms with E-state index in [9.17, 15) is 15.0 Å². The summed E-state index contributed by atoms with van der Waals surface area (Å²) in [7, 11) is 0. The maximum absolute atomic E-state index is 13.4. The van der Waals surface area contributed by atoms with Crippen LogP contribution in [0.15, 0.2) is 46.6 Å². The summed E-state index contributed by atoms with van der Waals surface area (Å²) in [5.74, 6) is 1.09. The summed E-state index contributed by atoms with van der Waals surface area (Å²) >= 11 is 0. The van der Waals surface area contributed by atoms with Crippen LogP contribution in [0.5, 0.6) is 0 Å². The van der Waals surface area contributed by atoms with Gasteiger partial charge in [-0.1, -0.05) is 57.6 Å². The molecule has 1 unspecified atom stereocenters. The van der Waals surface area contributed by atoms with Gasteiger partial charge in [0, 0.05) is 17.4 Å². The van der Waals surface area contributed by atoms with E-state index in [1.165, 1.54) is 5.57 Å². The largest absolute Gasteiger partial charge is 0.393 e. The van der Waals surface area contributed by atoms with Crippen molar-refractivity contribution >= 4 is 5.78 Å². The fourth-order valence-corrected chi connectivity index (χ4v) is 7.65. The van der Waals surface area contributed by atoms with Crippen molar-refractivity contribution in [1.29, 1.82) is 0 Å². The lowest BCUT2D eigenvalue weighted by atomic mass is 9.43. The standard InChI is InChI=1S/C30H46O3/c1-19(2)12-13-22(31)20(3)10-9-11-21(4)27-23(32)18-25-29(7)17-15-26(33)28(5,6)24(29)14-16-30(25,27)8/h9-12,22,24-26,31,33H,13-18H2,1-8H3/b11-9+,20-10+,27-21+/t22-,24?,25-,26-,29-,30-/m0/s1. The summed E-state index contributed by atoms with van der Waals surface area (Å²) in [6.45, 7) is 17.3. The Kier molecular flexibility index (Phi) is 7.37. The molecule has 0 aromatic rings. The molecule has 6 atom stereocenters. The molecule has 3 fully saturated rings. The average Bonchev–Trinajstić information content (AvgIpc) is 3.00. The Hall–Kier alpha value is -1.45. The second-order valence-electron chi connectivity index (χ2n) is 12.4. The van der Waals surface area contributed by atoms with Crippen LogP contribution in [0.25, 0.3) is 0 Å². The highest BCUT2D eigenvalue weighted by molar-refractivity contribution is 6.00. The molecule has 0 spiro atoms. The highest BCUT2D eigenvalue weighted by Gasteiger charge is 2.64. The van der Waals surface area contributed by atoms with Crippen LogP contribution in [0, 0.1) is 28.1 Å². The number of rotatable bonds is 5. The molecular weight excluding hydrogens is 408 g/mol. The summed E-state index contributed by atoms with van der Waals surface area (Å²) < 4.78 is 0. The Morgan fingerprint density at radius 3 is 2.36 bits per heavy atom. The molecule has 3 saturated carbocycles. The number of Topliss-reactive ketones (excluding diaryl/α,β-unsaturated/α-hetero) is 1. The number of allylic oxidation sites excluding steroid dienone is 6. The van der Waals surface area contributed by atoms with E-state index in [0.29, 0.717) is 30.5 Å². The monoisotopic (exact) mass is 454 g/mol. The molecule has 0 radical (unpaired) electrons. The Morgan fingerprint density at radius 2 is 1.73 bits per heavy atom. The SMILES string of the molecule is CC(C)=CC[C@H](O)/C(C)=C/C=C/C(C)=C1\C(=O)C[C@H]2[C@@]3(C)CC[C@H](O)C(C)(C)C3CC[C@]12C. The normalized spacial score (nSPS) is 38.7. The molecule has 0 aliphatic heterocycles. The van der Waals surface area contributed by atoms with Crippen molar-refractivity contribution in [2.75, 3.05) is 0 Å². The maximum atomic E-state index is 13.4. The highest BCUT2D eigenvalue weighted by atomic mass is 16.3. The van der Waals surface area contributed by atoms with Gasteiger partial charge in [-0.25, -0.2) is 0 Å². The van der Waals surface area contributed by atoms with Crippen LogP contribution >= 0.6 is 0 Å². The minimum absolute atomic E-state index is 0.0860. The first-order chi connectivity index (χ1) is 15.2. The van der Waals surface area contributed by atoms with E-state index in [-0.39, 0.29) is 22.3 Å². The van der Waals surface area contributed by atoms with Crippen LogP contribution in [-0.2, 0) is 4.79 Å². The van der Waals surface area contributed by atoms with Crippen molar-refractivity contribution in [3.63, 3.8) is 0 Å². The van der Waals surface area contributed by atoms with Gasteiger partial charge in [-0.15, -0.1) is 0 Å². The molecular formula is C30H46O3. The van der Waals surface area contributed by atoms with E-state index < -0.39 is 6.10 Å². The van der Waals surface area contributed by atoms with Crippen molar-refractivity contribution < 1.29 is 15.0 Å². The number of fused-ring (bicyclic) bond motifs is 3. The maximum Gasteiger partial charge on any atom is 0.160 e. The number of hydrogen-bond donors (Lipinski definition) is 2. The highest BCUT2D eigenvalue weighted by Crippen LogP contribution is 2.69. The van der Waals surface area contributed by atoms with E-state index in [1.807, 2.05) is 32.9 Å². The van der Waals surface area contributed by atoms with E-state index in [4.69, 9.17) is 0 Å². The van der Waals surface area contributed by atoms with E-state index in [1.54, 1.807) is 0 Å². The zero-order valence-electron chi connectivity index (χ0n) is 22.2. The van der Waals surface area contributed by atoms with Crippen LogP contribution in [0.4, 0.5) is 0 Å². The van der Waals surface area contributed by atoms with Gasteiger partial charge in [-0.3, -0.25) is 4.79 Å². The van der Waals surface area contributed by atoms with Gasteiger partial charge in [0.05, 0.1) is 12.2 Å². The Balaban J connectivity index is 1.87. The lowest BCUT2D eigenvalue weighted by molar-refractivity contribution is -0.157. The summed E-state index contributed by atoms with van der Waals surface area (Å²) in [5.41, 5.74) is 4.10. The molecule has 3 aliphatic carbocycles. The van der Waals surface area contributed by atoms with Gasteiger partial charge < -0.3 is 10.2 Å². The molecule has 0 saturated heterocycles. The number of ketones is 1. The first kappa shape index (κ1) is 26.2. The molecule has 3 rings (SSSR count). The molecule has 3 heteroatoms. The predicted molar refractivity (Wildman–Crippen MR) is 137 cm³/mol. The molecule has 0 aromatic carbocycles. The van der Waals surface area contributed by atoms with Crippen molar-refractivity contribution in [1.82, 2.24) is 0 Å². The quantitative estimate of drug-likeness (QED) is 0.275. The topological polar surface area (TPSA) is 57.5 Å². The molecule has 2 N–H and O–H groups in total. The van der Waals surface area contributed by atoms with Gasteiger partial charge in [0.2, 0.25) is 0 Å². The van der Waals surface area contributed by atoms with Gasteiger partial charge >= 0.3 is 0 Å². The Bertz CT molecular complexity index is 898. The third-order valence-electron chi connectivity index (χ3n) is 9.64. The number of carbonyl (C=O) groups excluding carboxylic acids is 1. The molecule has 0 amide bonds. The predicted octanol–water partition coefficient (Wildman–Crippen LogP) is 6.72. The van der Waals surface area contributed by atoms with E-state index >= 15 is 0 Å². The molecule has 33 heavy (non-hydrogen) atoms. The first-order valence-electron chi connectivity index (χ1n) is 12.8. The summed E-state index contributed by atoms with van der Waals surface area (Å²) in [4.78, 5) is 13.4. The van der Waals surface area contributed by atoms with Gasteiger partial charge in [0.15, 0.2) is 5.78 Å². The van der Waals surface area contributed by atoms with Crippen LogP contribution < -0.4 is 0 Å². The van der Waals surface area contributed by atoms with Crippen molar-refractivity contribution in [2.45, 2.75) is 106 Å². The minimum Gasteiger partial charge on any atom is -0.393 e. The first-order valence-corrected chi connectivity index (χ1v) is 12.8. The van der Waals surface area contributed by atoms with E-state index in [2.05, 4.69) is 46.8 Å². The fraction of sp³-hybridized carbons (Fsp3) is 0.700. The van der Waals surface area contributed by atoms with Gasteiger partial charge in [0.1, 0.15) is 0 Å². The lowest BCUT2D eigenvalue weighted by Gasteiger charge is -2.62.